The Balaban J connectivity index is 1.39. The van der Waals surface area contributed by atoms with E-state index in [0.29, 0.717) is 79.3 Å². The third-order valence-corrected chi connectivity index (χ3v) is 11.9. The number of hydrogen-bond donors (Lipinski definition) is 0. The molecule has 0 heterocycles. The highest BCUT2D eigenvalue weighted by molar-refractivity contribution is 5.98. The van der Waals surface area contributed by atoms with E-state index < -0.39 is 0 Å². The van der Waals surface area contributed by atoms with Crippen LogP contribution in [0.2, 0.25) is 0 Å². The van der Waals surface area contributed by atoms with Crippen LogP contribution in [0, 0.1) is 0 Å². The van der Waals surface area contributed by atoms with Crippen LogP contribution in [-0.2, 0) is 57.6 Å². The second-order valence-corrected chi connectivity index (χ2v) is 17.1. The zero-order chi connectivity index (χ0) is 49.4. The third kappa shape index (κ3) is 22.2. The lowest BCUT2D eigenvalue weighted by Crippen LogP contribution is -2.16. The molecule has 70 heavy (non-hydrogen) atoms. The Morgan fingerprint density at radius 2 is 0.443 bits per heavy atom. The molecule has 0 amide bonds. The lowest BCUT2D eigenvalue weighted by Gasteiger charge is -2.24. The topological polar surface area (TPSA) is 210 Å². The zero-order valence-electron chi connectivity index (χ0n) is 42.7. The molecule has 2 aliphatic rings. The molecule has 2 aromatic rings. The lowest BCUT2D eigenvalue weighted by molar-refractivity contribution is -0.0754. The van der Waals surface area contributed by atoms with E-state index in [2.05, 4.69) is 66.5 Å². The molecule has 0 fully saturated rings. The highest BCUT2D eigenvalue weighted by Crippen LogP contribution is 2.56. The molecular formula is C50H84N8O12. The van der Waals surface area contributed by atoms with Gasteiger partial charge in [-0.25, -0.2) is 0 Å². The molecule has 0 aliphatic heterocycles. The molecule has 20 nitrogen and oxygen atoms in total. The van der Waals surface area contributed by atoms with Crippen LogP contribution in [0.15, 0.2) is 66.5 Å². The van der Waals surface area contributed by atoms with E-state index in [9.17, 15) is 0 Å². The average Bonchev–Trinajstić information content (AvgIpc) is 3.85. The Hall–Kier alpha value is -4.66. The lowest BCUT2D eigenvalue weighted by atomic mass is 9.99. The van der Waals surface area contributed by atoms with E-state index >= 15 is 0 Å². The first-order valence-electron chi connectivity index (χ1n) is 26.4. The molecule has 20 heteroatoms. The fraction of sp³-hybridized carbons (Fsp3) is 0.800. The molecular weight excluding hydrogens is 905 g/mol. The molecule has 0 aromatic heterocycles. The highest BCUT2D eigenvalue weighted by atomic mass is 16.7. The summed E-state index contributed by atoms with van der Waals surface area (Å²) < 4.78 is 27.4. The molecule has 4 rings (SSSR count). The summed E-state index contributed by atoms with van der Waals surface area (Å²) in [5.74, 6) is 0. The first-order valence-corrected chi connectivity index (χ1v) is 26.4. The monoisotopic (exact) mass is 989 g/mol. The number of benzene rings is 2. The van der Waals surface area contributed by atoms with Gasteiger partial charge in [-0.05, 0) is 138 Å². The zero-order valence-corrected chi connectivity index (χ0v) is 42.7. The van der Waals surface area contributed by atoms with Crippen molar-refractivity contribution in [1.29, 1.82) is 0 Å². The maximum Gasteiger partial charge on any atom is 0.119 e. The first-order chi connectivity index (χ1) is 34.8. The quantitative estimate of drug-likeness (QED) is 0.0344. The van der Waals surface area contributed by atoms with Gasteiger partial charge in [0, 0.05) is 26.4 Å². The van der Waals surface area contributed by atoms with Crippen molar-refractivity contribution in [3.05, 3.63) is 46.5 Å². The number of hydrogen-bond acceptors (Lipinski definition) is 20. The molecule has 2 aromatic carbocycles. The molecule has 0 N–H and O–H groups in total. The van der Waals surface area contributed by atoms with Gasteiger partial charge in [0.05, 0.1) is 42.2 Å². The van der Waals surface area contributed by atoms with Gasteiger partial charge in [0.25, 0.3) is 0 Å². The standard InChI is InChI=1S/C50H84N8O12/c1-5-63-51-55-67-37-25-17-9-13-21-33-59-47-41-29-30-43-46-44(32-31-42(45(41)46)48(47)60-34-22-14-10-18-26-38-68-56-52-64-6-2)50(62-36-24-16-12-20-28-40-70-58-54-66-8-4)49(43)61-35-23-15-11-19-27-39-69-57-53-65-7-3/h29-32,47-50H,5-28,33-40H2,1-4H3. The van der Waals surface area contributed by atoms with Crippen molar-refractivity contribution in [2.45, 2.75) is 181 Å². The van der Waals surface area contributed by atoms with E-state index in [4.69, 9.17) is 57.6 Å². The number of ether oxygens (including phenoxy) is 4. The van der Waals surface area contributed by atoms with Gasteiger partial charge in [0.1, 0.15) is 77.3 Å². The van der Waals surface area contributed by atoms with Gasteiger partial charge in [-0.3, -0.25) is 0 Å². The normalized spacial score (nSPS) is 17.3. The number of rotatable bonds is 48. The fourth-order valence-corrected chi connectivity index (χ4v) is 8.53. The van der Waals surface area contributed by atoms with Gasteiger partial charge in [0.2, 0.25) is 0 Å². The first kappa shape index (κ1) is 57.9. The Bertz CT molecular complexity index is 1500. The smallest absolute Gasteiger partial charge is 0.119 e. The Morgan fingerprint density at radius 3 is 0.657 bits per heavy atom. The summed E-state index contributed by atoms with van der Waals surface area (Å²) in [6, 6.07) is 9.03. The molecule has 0 spiro atoms. The van der Waals surface area contributed by atoms with Crippen LogP contribution in [0.5, 0.6) is 0 Å². The van der Waals surface area contributed by atoms with Gasteiger partial charge in [-0.1, -0.05) is 75.6 Å². The van der Waals surface area contributed by atoms with Crippen molar-refractivity contribution in [2.75, 3.05) is 79.3 Å². The van der Waals surface area contributed by atoms with Crippen molar-refractivity contribution in [1.82, 2.24) is 0 Å². The molecule has 396 valence electrons. The second kappa shape index (κ2) is 39.0. The van der Waals surface area contributed by atoms with Gasteiger partial charge in [-0.15, -0.1) is 0 Å². The summed E-state index contributed by atoms with van der Waals surface area (Å²) in [6.07, 6.45) is 19.5. The Kier molecular flexibility index (Phi) is 32.3. The maximum absolute atomic E-state index is 6.84. The Labute approximate surface area is 415 Å². The van der Waals surface area contributed by atoms with Crippen molar-refractivity contribution in [3.63, 3.8) is 0 Å². The molecule has 0 saturated carbocycles. The van der Waals surface area contributed by atoms with E-state index in [1.807, 2.05) is 27.7 Å². The van der Waals surface area contributed by atoms with Crippen molar-refractivity contribution < 1.29 is 57.6 Å². The average molecular weight is 989 g/mol. The van der Waals surface area contributed by atoms with E-state index in [0.717, 1.165) is 128 Å². The third-order valence-electron chi connectivity index (χ3n) is 11.9. The van der Waals surface area contributed by atoms with Crippen LogP contribution >= 0.6 is 0 Å². The van der Waals surface area contributed by atoms with Gasteiger partial charge < -0.3 is 57.6 Å². The van der Waals surface area contributed by atoms with E-state index in [1.165, 1.54) is 33.0 Å². The number of nitrogens with zero attached hydrogens (tertiary/aromatic N) is 8. The molecule has 0 radical (unpaired) electrons. The minimum atomic E-state index is -0.206. The Morgan fingerprint density at radius 1 is 0.257 bits per heavy atom. The van der Waals surface area contributed by atoms with Crippen LogP contribution in [0.25, 0.3) is 10.8 Å². The second-order valence-electron chi connectivity index (χ2n) is 17.1. The molecule has 2 aliphatic carbocycles. The minimum absolute atomic E-state index is 0.206. The van der Waals surface area contributed by atoms with Crippen molar-refractivity contribution >= 4 is 10.8 Å². The van der Waals surface area contributed by atoms with Gasteiger partial charge in [-0.2, -0.15) is 0 Å². The van der Waals surface area contributed by atoms with E-state index in [-0.39, 0.29) is 24.4 Å². The number of unbranched alkanes of at least 4 members (excludes halogenated alkanes) is 16. The predicted octanol–water partition coefficient (Wildman–Crippen LogP) is 14.2. The summed E-state index contributed by atoms with van der Waals surface area (Å²) in [4.78, 5) is 40.0. The summed E-state index contributed by atoms with van der Waals surface area (Å²) in [5.41, 5.74) is 4.75. The molecule has 0 saturated heterocycles. The van der Waals surface area contributed by atoms with Crippen LogP contribution in [0.3, 0.4) is 0 Å². The fourth-order valence-electron chi connectivity index (χ4n) is 8.53. The molecule has 4 unspecified atom stereocenters. The van der Waals surface area contributed by atoms with Crippen molar-refractivity contribution in [3.8, 4) is 0 Å². The van der Waals surface area contributed by atoms with E-state index in [1.54, 1.807) is 0 Å². The summed E-state index contributed by atoms with van der Waals surface area (Å²) in [7, 11) is 0. The summed E-state index contributed by atoms with van der Waals surface area (Å²) >= 11 is 0. The van der Waals surface area contributed by atoms with Gasteiger partial charge in [0.15, 0.2) is 0 Å². The summed E-state index contributed by atoms with van der Waals surface area (Å²) in [5, 5.41) is 30.7. The highest BCUT2D eigenvalue weighted by Gasteiger charge is 2.43. The maximum atomic E-state index is 6.84. The van der Waals surface area contributed by atoms with Crippen LogP contribution in [-0.4, -0.2) is 79.3 Å². The minimum Gasteiger partial charge on any atom is -0.377 e. The van der Waals surface area contributed by atoms with Crippen molar-refractivity contribution in [2.24, 2.45) is 42.2 Å². The SMILES string of the molecule is CCON=NOCCCCCCCOC1c2ccc3c4c(ccc(c24)C1OCCCCCCCON=NOCC)C(OCCCCCCCON=NOCC)C3OCCCCCCCON=NOCC. The predicted molar refractivity (Wildman–Crippen MR) is 261 cm³/mol. The van der Waals surface area contributed by atoms with Crippen LogP contribution < -0.4 is 0 Å². The van der Waals surface area contributed by atoms with Gasteiger partial charge >= 0.3 is 0 Å². The molecule has 0 bridgehead atoms. The largest absolute Gasteiger partial charge is 0.377 e. The van der Waals surface area contributed by atoms with Crippen LogP contribution in [0.1, 0.15) is 203 Å². The summed E-state index contributed by atoms with van der Waals surface area (Å²) in [6.45, 7) is 14.0. The molecule has 4 atom stereocenters. The van der Waals surface area contributed by atoms with Crippen LogP contribution in [0.4, 0.5) is 0 Å².